The average Bonchev–Trinajstić information content (AvgIpc) is 3.81. The van der Waals surface area contributed by atoms with Gasteiger partial charge in [0, 0.05) is 28.3 Å². The number of hydrogen-bond acceptors (Lipinski definition) is 7. The van der Waals surface area contributed by atoms with Gasteiger partial charge in [-0.25, -0.2) is 4.79 Å². The summed E-state index contributed by atoms with van der Waals surface area (Å²) in [6, 6.07) is 13.7. The molecule has 0 bridgehead atoms. The molecule has 9 nitrogen and oxygen atoms in total. The highest BCUT2D eigenvalue weighted by atomic mass is 35.5. The summed E-state index contributed by atoms with van der Waals surface area (Å²) in [5.41, 5.74) is 1.58. The number of nitrogens with zero attached hydrogens (tertiary/aromatic N) is 1. The molecule has 0 amide bonds. The normalized spacial score (nSPS) is 13.4. The van der Waals surface area contributed by atoms with Crippen LogP contribution in [0.15, 0.2) is 67.0 Å². The van der Waals surface area contributed by atoms with Gasteiger partial charge in [0.2, 0.25) is 12.4 Å². The Kier molecular flexibility index (Phi) is 9.69. The Labute approximate surface area is 266 Å². The molecule has 0 aliphatic heterocycles. The summed E-state index contributed by atoms with van der Waals surface area (Å²) in [5.74, 6) is -2.40. The van der Waals surface area contributed by atoms with E-state index in [1.54, 1.807) is 36.4 Å². The Morgan fingerprint density at radius 2 is 1.71 bits per heavy atom. The summed E-state index contributed by atoms with van der Waals surface area (Å²) in [6.07, 6.45) is 4.49. The molecule has 1 fully saturated rings. The van der Waals surface area contributed by atoms with E-state index >= 15 is 0 Å². The van der Waals surface area contributed by atoms with Gasteiger partial charge in [-0.15, -0.1) is 0 Å². The number of rotatable bonds is 13. The number of benzene rings is 3. The molecule has 1 atom stereocenters. The number of pyridine rings is 1. The first-order valence-corrected chi connectivity index (χ1v) is 14.7. The van der Waals surface area contributed by atoms with Crippen LogP contribution < -0.4 is 19.5 Å². The summed E-state index contributed by atoms with van der Waals surface area (Å²) >= 11 is 13.0. The fourth-order valence-corrected chi connectivity index (χ4v) is 5.64. The summed E-state index contributed by atoms with van der Waals surface area (Å²) in [7, 11) is 0. The first kappa shape index (κ1) is 31.9. The quantitative estimate of drug-likeness (QED) is 0.0588. The molecule has 3 aromatic carbocycles. The van der Waals surface area contributed by atoms with Crippen molar-refractivity contribution in [3.8, 4) is 23.0 Å². The monoisotopic (exact) mass is 661 g/mol. The van der Waals surface area contributed by atoms with Crippen LogP contribution in [0.2, 0.25) is 10.0 Å². The van der Waals surface area contributed by atoms with E-state index in [-0.39, 0.29) is 51.4 Å². The minimum atomic E-state index is -3.09. The maximum atomic E-state index is 13.3. The molecular weight excluding hydrogens is 633 g/mol. The largest absolute Gasteiger partial charge is 0.507 e. The number of alkyl halides is 2. The molecule has 45 heavy (non-hydrogen) atoms. The number of carboxylic acid groups (broad SMARTS) is 1. The fraction of sp³-hybridized carbons (Fsp3) is 0.250. The van der Waals surface area contributed by atoms with Crippen molar-refractivity contribution in [3.05, 3.63) is 105 Å². The highest BCUT2D eigenvalue weighted by molar-refractivity contribution is 6.35. The smallest absolute Gasteiger partial charge is 0.387 e. The van der Waals surface area contributed by atoms with Gasteiger partial charge in [-0.05, 0) is 66.6 Å². The summed E-state index contributed by atoms with van der Waals surface area (Å²) in [5, 5.41) is 44.5. The first-order valence-electron chi connectivity index (χ1n) is 13.9. The molecule has 1 saturated carbocycles. The van der Waals surface area contributed by atoms with Gasteiger partial charge in [-0.1, -0.05) is 47.5 Å². The second kappa shape index (κ2) is 13.7. The number of aromatic carboxylic acids is 1. The number of hydrogen-bond donors (Lipinski definition) is 5. The number of ether oxygens (including phenoxy) is 2. The third-order valence-corrected chi connectivity index (χ3v) is 8.17. The Bertz CT molecular complexity index is 1700. The maximum Gasteiger partial charge on any atom is 0.387 e. The predicted molar refractivity (Wildman–Crippen MR) is 161 cm³/mol. The SMILES string of the molecule is O=C(O)c1ccc([C@@H](Cc2c(Cl)c[n+](O)cc2Cl)c2ccc(OC(F)F)c(OCC3CC3)c2)c(CNc2ccccc2O)c1O. The minimum absolute atomic E-state index is 0.0586. The highest BCUT2D eigenvalue weighted by Gasteiger charge is 2.29. The van der Waals surface area contributed by atoms with Crippen molar-refractivity contribution in [2.75, 3.05) is 11.9 Å². The Balaban J connectivity index is 1.66. The number of anilines is 1. The maximum absolute atomic E-state index is 13.3. The Morgan fingerprint density at radius 1 is 1.00 bits per heavy atom. The minimum Gasteiger partial charge on any atom is -0.507 e. The van der Waals surface area contributed by atoms with E-state index in [0.29, 0.717) is 39.6 Å². The van der Waals surface area contributed by atoms with Gasteiger partial charge in [-0.3, -0.25) is 5.21 Å². The van der Waals surface area contributed by atoms with Crippen LogP contribution in [0.1, 0.15) is 51.4 Å². The summed E-state index contributed by atoms with van der Waals surface area (Å²) < 4.78 is 37.9. The highest BCUT2D eigenvalue weighted by Crippen LogP contribution is 2.42. The van der Waals surface area contributed by atoms with Crippen molar-refractivity contribution in [2.24, 2.45) is 5.92 Å². The van der Waals surface area contributed by atoms with E-state index in [4.69, 9.17) is 32.7 Å². The summed E-state index contributed by atoms with van der Waals surface area (Å²) in [4.78, 5) is 12.0. The number of aromatic hydroxyl groups is 2. The molecule has 1 heterocycles. The topological polar surface area (TPSA) is 132 Å². The molecule has 5 N–H and O–H groups in total. The van der Waals surface area contributed by atoms with Crippen LogP contribution in [-0.2, 0) is 13.0 Å². The number of phenols is 2. The molecular formula is C32H29Cl2F2N2O7+. The molecule has 5 rings (SSSR count). The van der Waals surface area contributed by atoms with E-state index in [1.807, 2.05) is 0 Å². The van der Waals surface area contributed by atoms with E-state index in [0.717, 1.165) is 12.8 Å². The molecule has 1 aliphatic rings. The third kappa shape index (κ3) is 7.61. The van der Waals surface area contributed by atoms with Gasteiger partial charge in [0.05, 0.1) is 12.3 Å². The van der Waals surface area contributed by atoms with Crippen LogP contribution in [-0.4, -0.2) is 39.7 Å². The first-order chi connectivity index (χ1) is 21.5. The zero-order chi connectivity index (χ0) is 32.2. The van der Waals surface area contributed by atoms with Crippen LogP contribution in [0.3, 0.4) is 0 Å². The Hall–Kier alpha value is -4.48. The number of para-hydroxylation sites is 2. The molecule has 0 radical (unpaired) electrons. The fourth-order valence-electron chi connectivity index (χ4n) is 5.03. The van der Waals surface area contributed by atoms with Crippen LogP contribution in [0.4, 0.5) is 14.5 Å². The van der Waals surface area contributed by atoms with Crippen LogP contribution in [0, 0.1) is 5.92 Å². The van der Waals surface area contributed by atoms with E-state index in [2.05, 4.69) is 5.32 Å². The molecule has 4 aromatic rings. The van der Waals surface area contributed by atoms with Crippen LogP contribution in [0.5, 0.6) is 23.0 Å². The zero-order valence-corrected chi connectivity index (χ0v) is 25.1. The van der Waals surface area contributed by atoms with Crippen molar-refractivity contribution in [1.29, 1.82) is 0 Å². The predicted octanol–water partition coefficient (Wildman–Crippen LogP) is 7.00. The lowest BCUT2D eigenvalue weighted by molar-refractivity contribution is -0.904. The molecule has 0 unspecified atom stereocenters. The van der Waals surface area contributed by atoms with Gasteiger partial charge >= 0.3 is 12.6 Å². The summed E-state index contributed by atoms with van der Waals surface area (Å²) in [6.45, 7) is -2.89. The average molecular weight is 662 g/mol. The van der Waals surface area contributed by atoms with Crippen molar-refractivity contribution < 1.29 is 48.3 Å². The number of phenolic OH excluding ortho intramolecular Hbond substituents is 1. The van der Waals surface area contributed by atoms with E-state index in [9.17, 15) is 34.1 Å². The van der Waals surface area contributed by atoms with Gasteiger partial charge in [0.1, 0.15) is 27.1 Å². The van der Waals surface area contributed by atoms with Gasteiger partial charge in [0.15, 0.2) is 11.5 Å². The van der Waals surface area contributed by atoms with Crippen LogP contribution in [0.25, 0.3) is 0 Å². The molecule has 1 aliphatic carbocycles. The molecule has 1 aromatic heterocycles. The van der Waals surface area contributed by atoms with Gasteiger partial charge in [0.25, 0.3) is 0 Å². The van der Waals surface area contributed by atoms with Crippen molar-refractivity contribution >= 4 is 34.9 Å². The van der Waals surface area contributed by atoms with E-state index in [1.165, 1.54) is 30.6 Å². The standard InChI is InChI=1S/C32H28Cl2F2N2O7/c33-24-14-38(43)15-25(34)22(24)12-21(18-7-10-28(45-32(35)36)29(11-18)44-16-17-5-6-17)19-8-9-20(31(41)42)30(40)23(19)13-37-26-3-1-2-4-27(26)39/h1-4,7-11,14-15,17,21,32,37H,5-6,12-13,16H2,(H3-,39,40,41,42,43)/p+1/t21-/m0/s1. The second-order valence-corrected chi connectivity index (χ2v) is 11.4. The second-order valence-electron chi connectivity index (χ2n) is 10.6. The van der Waals surface area contributed by atoms with Crippen molar-refractivity contribution in [2.45, 2.75) is 38.3 Å². The van der Waals surface area contributed by atoms with Gasteiger partial charge < -0.3 is 30.1 Å². The number of carbonyl (C=O) groups is 1. The third-order valence-electron chi connectivity index (χ3n) is 7.52. The van der Waals surface area contributed by atoms with E-state index < -0.39 is 24.2 Å². The lowest BCUT2D eigenvalue weighted by Crippen LogP contribution is -2.29. The molecule has 13 heteroatoms. The lowest BCUT2D eigenvalue weighted by atomic mass is 9.82. The number of carboxylic acids is 1. The van der Waals surface area contributed by atoms with Crippen molar-refractivity contribution in [3.63, 3.8) is 0 Å². The van der Waals surface area contributed by atoms with Crippen molar-refractivity contribution in [1.82, 2.24) is 0 Å². The Morgan fingerprint density at radius 3 is 2.36 bits per heavy atom. The molecule has 0 saturated heterocycles. The van der Waals surface area contributed by atoms with Crippen LogP contribution >= 0.6 is 23.2 Å². The number of aromatic nitrogens is 1. The lowest BCUT2D eigenvalue weighted by Gasteiger charge is -2.25. The zero-order valence-electron chi connectivity index (χ0n) is 23.6. The number of nitrogens with one attached hydrogen (secondary N) is 1. The molecule has 0 spiro atoms. The number of halogens is 4. The van der Waals surface area contributed by atoms with Gasteiger partial charge in [-0.2, -0.15) is 8.78 Å². The molecule has 236 valence electrons.